The first-order valence-corrected chi connectivity index (χ1v) is 6.85. The molecule has 0 saturated heterocycles. The third kappa shape index (κ3) is 3.48. The Morgan fingerprint density at radius 2 is 1.80 bits per heavy atom. The molecule has 0 bridgehead atoms. The van der Waals surface area contributed by atoms with Crippen LogP contribution in [0.5, 0.6) is 17.2 Å². The summed E-state index contributed by atoms with van der Waals surface area (Å²) in [6.45, 7) is 0.0417. The van der Waals surface area contributed by atoms with Gasteiger partial charge in [0.05, 0.1) is 15.1 Å². The average Bonchev–Trinajstić information content (AvgIpc) is 2.38. The number of pyridine rings is 1. The Morgan fingerprint density at radius 3 is 2.50 bits per heavy atom. The summed E-state index contributed by atoms with van der Waals surface area (Å²) in [7, 11) is 0. The number of aromatic nitrogens is 1. The van der Waals surface area contributed by atoms with Crippen molar-refractivity contribution >= 4 is 40.0 Å². The molecule has 0 unspecified atom stereocenters. The molecule has 1 aromatic carbocycles. The number of benzene rings is 1. The summed E-state index contributed by atoms with van der Waals surface area (Å²) in [4.78, 5) is 4.01. The van der Waals surface area contributed by atoms with E-state index in [9.17, 15) is 15.3 Å². The van der Waals surface area contributed by atoms with Gasteiger partial charge in [-0.3, -0.25) is 0 Å². The predicted molar refractivity (Wildman–Crippen MR) is 81.6 cm³/mol. The normalized spacial score (nSPS) is 11.1. The number of phenols is 3. The number of hydrogen-bond donors (Lipinski definition) is 3. The third-order valence-corrected chi connectivity index (χ3v) is 3.37. The molecule has 2 rings (SSSR count). The summed E-state index contributed by atoms with van der Waals surface area (Å²) in [5.41, 5.74) is 0.341. The van der Waals surface area contributed by atoms with Gasteiger partial charge in [0.2, 0.25) is 0 Å². The fourth-order valence-corrected chi connectivity index (χ4v) is 2.32. The van der Waals surface area contributed by atoms with Crippen LogP contribution in [0.4, 0.5) is 5.82 Å². The number of rotatable bonds is 3. The van der Waals surface area contributed by atoms with Crippen molar-refractivity contribution in [3.63, 3.8) is 0 Å². The van der Waals surface area contributed by atoms with E-state index in [1.807, 2.05) is 22.6 Å². The van der Waals surface area contributed by atoms with Gasteiger partial charge in [0.15, 0.2) is 17.3 Å². The Bertz CT molecular complexity index is 679. The summed E-state index contributed by atoms with van der Waals surface area (Å²) in [6.07, 6.45) is 1.46. The Labute approximate surface area is 132 Å². The van der Waals surface area contributed by atoms with Crippen LogP contribution in [-0.4, -0.2) is 20.3 Å². The van der Waals surface area contributed by atoms with E-state index < -0.39 is 5.75 Å². The Hall–Kier alpha value is -1.61. The number of phenolic OH excluding ortho intramolecular Hbond substituents is 3. The lowest BCUT2D eigenvalue weighted by molar-refractivity contribution is 0.394. The van der Waals surface area contributed by atoms with Crippen molar-refractivity contribution in [3.05, 3.63) is 38.6 Å². The molecule has 0 saturated carbocycles. The van der Waals surface area contributed by atoms with E-state index in [0.29, 0.717) is 16.4 Å². The molecular weight excluding hydrogens is 397 g/mol. The summed E-state index contributed by atoms with van der Waals surface area (Å²) >= 11 is 7.81. The highest BCUT2D eigenvalue weighted by molar-refractivity contribution is 14.1. The maximum Gasteiger partial charge on any atom is 0.187 e. The van der Waals surface area contributed by atoms with E-state index >= 15 is 0 Å². The number of azo groups is 1. The van der Waals surface area contributed by atoms with Gasteiger partial charge in [-0.15, -0.1) is 5.11 Å². The summed E-state index contributed by atoms with van der Waals surface area (Å²) < 4.78 is 0.747. The molecule has 1 heterocycles. The smallest absolute Gasteiger partial charge is 0.187 e. The van der Waals surface area contributed by atoms with Crippen molar-refractivity contribution in [1.29, 1.82) is 0 Å². The van der Waals surface area contributed by atoms with Gasteiger partial charge in [-0.2, -0.15) is 5.11 Å². The van der Waals surface area contributed by atoms with Crippen LogP contribution in [0.1, 0.15) is 5.56 Å². The molecule has 0 aliphatic rings. The minimum atomic E-state index is -0.392. The van der Waals surface area contributed by atoms with Crippen molar-refractivity contribution in [2.24, 2.45) is 10.2 Å². The van der Waals surface area contributed by atoms with Crippen LogP contribution in [0.15, 0.2) is 34.6 Å². The Balaban J connectivity index is 2.16. The van der Waals surface area contributed by atoms with Gasteiger partial charge in [-0.1, -0.05) is 11.6 Å². The lowest BCUT2D eigenvalue weighted by atomic mass is 10.2. The first-order valence-electron chi connectivity index (χ1n) is 5.39. The first kappa shape index (κ1) is 14.8. The van der Waals surface area contributed by atoms with E-state index in [1.54, 1.807) is 6.07 Å². The minimum absolute atomic E-state index is 0.0417. The van der Waals surface area contributed by atoms with Crippen LogP contribution in [-0.2, 0) is 6.54 Å². The molecule has 3 N–H and O–H groups in total. The Kier molecular flexibility index (Phi) is 4.61. The fourth-order valence-electron chi connectivity index (χ4n) is 1.40. The van der Waals surface area contributed by atoms with E-state index in [1.165, 1.54) is 12.3 Å². The highest BCUT2D eigenvalue weighted by Gasteiger charge is 2.07. The summed E-state index contributed by atoms with van der Waals surface area (Å²) in [5.74, 6) is -0.472. The monoisotopic (exact) mass is 405 g/mol. The lowest BCUT2D eigenvalue weighted by Gasteiger charge is -2.03. The SMILES string of the molecule is Oc1cc(O)c(CN=Nc2ncc(Cl)cc2I)cc1O. The van der Waals surface area contributed by atoms with Crippen LogP contribution in [0.2, 0.25) is 5.02 Å². The van der Waals surface area contributed by atoms with Gasteiger partial charge >= 0.3 is 0 Å². The van der Waals surface area contributed by atoms with Crippen LogP contribution in [0.25, 0.3) is 0 Å². The molecular formula is C12H9ClIN3O3. The molecule has 6 nitrogen and oxygen atoms in total. The molecule has 0 aliphatic carbocycles. The molecule has 0 spiro atoms. The molecule has 0 radical (unpaired) electrons. The zero-order chi connectivity index (χ0) is 14.7. The number of hydrogen-bond acceptors (Lipinski definition) is 6. The van der Waals surface area contributed by atoms with Crippen LogP contribution < -0.4 is 0 Å². The van der Waals surface area contributed by atoms with Crippen molar-refractivity contribution in [1.82, 2.24) is 4.98 Å². The maximum atomic E-state index is 9.60. The van der Waals surface area contributed by atoms with Crippen molar-refractivity contribution in [3.8, 4) is 17.2 Å². The number of aromatic hydroxyl groups is 3. The van der Waals surface area contributed by atoms with Crippen molar-refractivity contribution in [2.75, 3.05) is 0 Å². The molecule has 20 heavy (non-hydrogen) atoms. The van der Waals surface area contributed by atoms with Gasteiger partial charge in [0.1, 0.15) is 5.75 Å². The van der Waals surface area contributed by atoms with Gasteiger partial charge < -0.3 is 15.3 Å². The topological polar surface area (TPSA) is 98.3 Å². The summed E-state index contributed by atoms with van der Waals surface area (Å²) in [5, 5.41) is 36.5. The predicted octanol–water partition coefficient (Wildman–Crippen LogP) is 3.74. The van der Waals surface area contributed by atoms with Crippen molar-refractivity contribution in [2.45, 2.75) is 6.54 Å². The lowest BCUT2D eigenvalue weighted by Crippen LogP contribution is -1.84. The quantitative estimate of drug-likeness (QED) is 0.313. The van der Waals surface area contributed by atoms with E-state index in [0.717, 1.165) is 9.64 Å². The van der Waals surface area contributed by atoms with Crippen LogP contribution in [0, 0.1) is 3.57 Å². The van der Waals surface area contributed by atoms with Crippen LogP contribution in [0.3, 0.4) is 0 Å². The maximum absolute atomic E-state index is 9.60. The molecule has 0 fully saturated rings. The summed E-state index contributed by atoms with van der Waals surface area (Å²) in [6, 6.07) is 3.97. The number of nitrogens with zero attached hydrogens (tertiary/aromatic N) is 3. The molecule has 1 aromatic heterocycles. The largest absolute Gasteiger partial charge is 0.507 e. The highest BCUT2D eigenvalue weighted by Crippen LogP contribution is 2.32. The van der Waals surface area contributed by atoms with Crippen LogP contribution >= 0.6 is 34.2 Å². The van der Waals surface area contributed by atoms with E-state index in [2.05, 4.69) is 15.2 Å². The second-order valence-electron chi connectivity index (χ2n) is 3.83. The molecule has 2 aromatic rings. The second kappa shape index (κ2) is 6.23. The fraction of sp³-hybridized carbons (Fsp3) is 0.0833. The second-order valence-corrected chi connectivity index (χ2v) is 5.43. The van der Waals surface area contributed by atoms with E-state index in [-0.39, 0.29) is 18.0 Å². The Morgan fingerprint density at radius 1 is 1.10 bits per heavy atom. The first-order chi connectivity index (χ1) is 9.47. The van der Waals surface area contributed by atoms with E-state index in [4.69, 9.17) is 11.6 Å². The van der Waals surface area contributed by atoms with Gasteiger partial charge in [-0.25, -0.2) is 4.98 Å². The zero-order valence-corrected chi connectivity index (χ0v) is 12.9. The zero-order valence-electron chi connectivity index (χ0n) is 9.96. The van der Waals surface area contributed by atoms with Gasteiger partial charge in [0, 0.05) is 17.8 Å². The van der Waals surface area contributed by atoms with Crippen molar-refractivity contribution < 1.29 is 15.3 Å². The third-order valence-electron chi connectivity index (χ3n) is 2.37. The van der Waals surface area contributed by atoms with Gasteiger partial charge in [-0.05, 0) is 34.7 Å². The van der Waals surface area contributed by atoms with Gasteiger partial charge in [0.25, 0.3) is 0 Å². The molecule has 8 heteroatoms. The minimum Gasteiger partial charge on any atom is -0.507 e. The molecule has 0 aliphatic heterocycles. The number of halogens is 2. The molecule has 104 valence electrons. The average molecular weight is 406 g/mol. The highest BCUT2D eigenvalue weighted by atomic mass is 127. The molecule has 0 atom stereocenters. The molecule has 0 amide bonds. The standard InChI is InChI=1S/C12H9ClIN3O3/c13-7-2-8(14)12(15-5-7)17-16-4-6-1-10(19)11(20)3-9(6)18/h1-3,5,18-20H,4H2.